The summed E-state index contributed by atoms with van der Waals surface area (Å²) in [7, 11) is 1.43. The number of rotatable bonds is 7. The van der Waals surface area contributed by atoms with Crippen LogP contribution in [0.15, 0.2) is 82.7 Å². The van der Waals surface area contributed by atoms with Crippen molar-refractivity contribution in [1.29, 1.82) is 0 Å². The van der Waals surface area contributed by atoms with Gasteiger partial charge in [0.2, 0.25) is 5.95 Å². The number of alkyl halides is 3. The van der Waals surface area contributed by atoms with Gasteiger partial charge in [-0.2, -0.15) is 13.2 Å². The van der Waals surface area contributed by atoms with Crippen LogP contribution in [0.5, 0.6) is 0 Å². The molecule has 216 valence electrons. The summed E-state index contributed by atoms with van der Waals surface area (Å²) in [5.41, 5.74) is 3.03. The Morgan fingerprint density at radius 1 is 1.07 bits per heavy atom. The largest absolute Gasteiger partial charge is 0.416 e. The number of halogens is 3. The summed E-state index contributed by atoms with van der Waals surface area (Å²) in [6.07, 6.45) is -5.07. The minimum Gasteiger partial charge on any atom is -0.364 e. The fourth-order valence-corrected chi connectivity index (χ4v) is 6.07. The molecule has 42 heavy (non-hydrogen) atoms. The third-order valence-electron chi connectivity index (χ3n) is 7.21. The topological polar surface area (TPSA) is 96.3 Å². The maximum Gasteiger partial charge on any atom is 0.416 e. The number of ether oxygens (including phenoxy) is 1. The SMILES string of the molecule is COC(O)c1ccccc1CSc1nc2c(c(=O)n1-c1ccccc1)CN(c1nc3ccc(C(F)(F)F)cc3[nH]1)CC2. The average molecular weight is 594 g/mol. The molecule has 0 amide bonds. The molecule has 1 aliphatic heterocycles. The summed E-state index contributed by atoms with van der Waals surface area (Å²) in [5.74, 6) is 0.840. The lowest BCUT2D eigenvalue weighted by molar-refractivity contribution is -0.137. The monoisotopic (exact) mass is 593 g/mol. The van der Waals surface area contributed by atoms with E-state index in [0.717, 1.165) is 17.7 Å². The van der Waals surface area contributed by atoms with E-state index in [2.05, 4.69) is 9.97 Å². The van der Waals surface area contributed by atoms with Gasteiger partial charge in [-0.25, -0.2) is 9.97 Å². The summed E-state index contributed by atoms with van der Waals surface area (Å²) < 4.78 is 46.3. The molecule has 5 aromatic rings. The van der Waals surface area contributed by atoms with Crippen molar-refractivity contribution in [3.05, 3.63) is 111 Å². The van der Waals surface area contributed by atoms with Crippen molar-refractivity contribution in [3.63, 3.8) is 0 Å². The number of H-pyrrole nitrogens is 1. The zero-order valence-electron chi connectivity index (χ0n) is 22.4. The molecule has 8 nitrogen and oxygen atoms in total. The van der Waals surface area contributed by atoms with Gasteiger partial charge in [-0.15, -0.1) is 0 Å². The van der Waals surface area contributed by atoms with E-state index >= 15 is 0 Å². The number of anilines is 1. The van der Waals surface area contributed by atoms with Gasteiger partial charge in [0, 0.05) is 31.4 Å². The first-order valence-electron chi connectivity index (χ1n) is 13.2. The van der Waals surface area contributed by atoms with Gasteiger partial charge in [-0.3, -0.25) is 9.36 Å². The summed E-state index contributed by atoms with van der Waals surface area (Å²) in [5, 5.41) is 10.8. The third kappa shape index (κ3) is 5.40. The van der Waals surface area contributed by atoms with E-state index in [0.29, 0.717) is 57.8 Å². The van der Waals surface area contributed by atoms with Crippen LogP contribution in [-0.2, 0) is 29.6 Å². The number of hydrogen-bond donors (Lipinski definition) is 2. The second-order valence-corrected chi connectivity index (χ2v) is 10.8. The number of para-hydroxylation sites is 1. The highest BCUT2D eigenvalue weighted by atomic mass is 32.2. The number of aliphatic hydroxyl groups excluding tert-OH is 1. The molecule has 1 atom stereocenters. The zero-order chi connectivity index (χ0) is 29.4. The number of nitrogens with one attached hydrogen (secondary N) is 1. The highest BCUT2D eigenvalue weighted by Gasteiger charge is 2.31. The Balaban J connectivity index is 1.35. The van der Waals surface area contributed by atoms with E-state index < -0.39 is 18.0 Å². The number of methoxy groups -OCH3 is 1. The molecule has 0 radical (unpaired) electrons. The number of fused-ring (bicyclic) bond motifs is 2. The Labute approximate surface area is 242 Å². The molecular weight excluding hydrogens is 567 g/mol. The van der Waals surface area contributed by atoms with Crippen molar-refractivity contribution < 1.29 is 23.0 Å². The number of aromatic amines is 1. The van der Waals surface area contributed by atoms with Crippen molar-refractivity contribution in [2.75, 3.05) is 18.6 Å². The van der Waals surface area contributed by atoms with E-state index in [1.54, 1.807) is 10.6 Å². The molecule has 0 fully saturated rings. The summed E-state index contributed by atoms with van der Waals surface area (Å²) in [4.78, 5) is 28.3. The van der Waals surface area contributed by atoms with Crippen molar-refractivity contribution in [2.45, 2.75) is 36.3 Å². The summed E-state index contributed by atoms with van der Waals surface area (Å²) in [6, 6.07) is 20.0. The lowest BCUT2D eigenvalue weighted by atomic mass is 10.1. The van der Waals surface area contributed by atoms with Gasteiger partial charge in [-0.1, -0.05) is 54.2 Å². The minimum absolute atomic E-state index is 0.202. The van der Waals surface area contributed by atoms with Crippen molar-refractivity contribution in [1.82, 2.24) is 19.5 Å². The summed E-state index contributed by atoms with van der Waals surface area (Å²) in [6.45, 7) is 0.682. The molecule has 12 heteroatoms. The van der Waals surface area contributed by atoms with Gasteiger partial charge in [0.1, 0.15) is 0 Å². The number of benzene rings is 3. The van der Waals surface area contributed by atoms with E-state index in [1.165, 1.54) is 24.9 Å². The van der Waals surface area contributed by atoms with Crippen LogP contribution in [0.4, 0.5) is 19.1 Å². The number of hydrogen-bond acceptors (Lipinski definition) is 7. The molecule has 0 spiro atoms. The Bertz CT molecular complexity index is 1810. The Hall–Kier alpha value is -4.13. The zero-order valence-corrected chi connectivity index (χ0v) is 23.2. The lowest BCUT2D eigenvalue weighted by Gasteiger charge is -2.28. The third-order valence-corrected chi connectivity index (χ3v) is 8.20. The quantitative estimate of drug-likeness (QED) is 0.144. The number of imidazole rings is 1. The minimum atomic E-state index is -4.46. The standard InChI is InChI=1S/C30H26F3N5O3S/c1-41-27(40)21-10-6-5-7-18(21)17-42-29-36-23-13-14-37(16-22(23)26(39)38(29)20-8-3-2-4-9-20)28-34-24-12-11-19(30(31,32)33)15-25(24)35-28/h2-12,15,27,40H,13-14,16-17H2,1H3,(H,34,35). The lowest BCUT2D eigenvalue weighted by Crippen LogP contribution is -2.38. The molecule has 3 aromatic carbocycles. The summed E-state index contributed by atoms with van der Waals surface area (Å²) >= 11 is 1.39. The van der Waals surface area contributed by atoms with Crippen LogP contribution in [0.25, 0.3) is 16.7 Å². The fourth-order valence-electron chi connectivity index (χ4n) is 5.04. The van der Waals surface area contributed by atoms with E-state index in [9.17, 15) is 23.1 Å². The van der Waals surface area contributed by atoms with E-state index in [4.69, 9.17) is 9.72 Å². The van der Waals surface area contributed by atoms with Crippen LogP contribution in [0, 0.1) is 0 Å². The predicted octanol–water partition coefficient (Wildman–Crippen LogP) is 5.62. The van der Waals surface area contributed by atoms with Crippen LogP contribution >= 0.6 is 11.8 Å². The van der Waals surface area contributed by atoms with Gasteiger partial charge < -0.3 is 19.7 Å². The first-order valence-corrected chi connectivity index (χ1v) is 14.1. The predicted molar refractivity (Wildman–Crippen MR) is 154 cm³/mol. The number of aromatic nitrogens is 4. The Morgan fingerprint density at radius 2 is 1.83 bits per heavy atom. The molecule has 0 aliphatic carbocycles. The van der Waals surface area contributed by atoms with Gasteiger partial charge in [0.25, 0.3) is 5.56 Å². The van der Waals surface area contributed by atoms with Crippen molar-refractivity contribution >= 4 is 28.7 Å². The van der Waals surface area contributed by atoms with Crippen LogP contribution in [0.1, 0.15) is 34.2 Å². The number of thioether (sulfide) groups is 1. The normalized spacial score (nSPS) is 14.3. The molecular formula is C30H26F3N5O3S. The molecule has 6 rings (SSSR count). The van der Waals surface area contributed by atoms with E-state index in [-0.39, 0.29) is 17.6 Å². The van der Waals surface area contributed by atoms with Crippen molar-refractivity contribution in [2.24, 2.45) is 0 Å². The maximum atomic E-state index is 14.0. The highest BCUT2D eigenvalue weighted by Crippen LogP contribution is 2.33. The van der Waals surface area contributed by atoms with Crippen LogP contribution in [-0.4, -0.2) is 38.3 Å². The van der Waals surface area contributed by atoms with E-state index in [1.807, 2.05) is 53.4 Å². The molecule has 1 aliphatic rings. The molecule has 3 heterocycles. The number of nitrogens with zero attached hydrogens (tertiary/aromatic N) is 4. The van der Waals surface area contributed by atoms with Gasteiger partial charge >= 0.3 is 6.18 Å². The van der Waals surface area contributed by atoms with Crippen LogP contribution in [0.3, 0.4) is 0 Å². The van der Waals surface area contributed by atoms with Crippen LogP contribution in [0.2, 0.25) is 0 Å². The Kier molecular flexibility index (Phi) is 7.52. The smallest absolute Gasteiger partial charge is 0.364 e. The second kappa shape index (κ2) is 11.3. The number of aliphatic hydroxyl groups is 1. The molecule has 0 bridgehead atoms. The van der Waals surface area contributed by atoms with Gasteiger partial charge in [0.15, 0.2) is 11.4 Å². The van der Waals surface area contributed by atoms with Gasteiger partial charge in [0.05, 0.1) is 40.1 Å². The Morgan fingerprint density at radius 3 is 2.60 bits per heavy atom. The second-order valence-electron chi connectivity index (χ2n) is 9.83. The fraction of sp³-hybridized carbons (Fsp3) is 0.233. The highest BCUT2D eigenvalue weighted by molar-refractivity contribution is 7.98. The average Bonchev–Trinajstić information content (AvgIpc) is 3.43. The maximum absolute atomic E-state index is 14.0. The molecule has 2 N–H and O–H groups in total. The molecule has 0 saturated carbocycles. The van der Waals surface area contributed by atoms with Crippen molar-refractivity contribution in [3.8, 4) is 5.69 Å². The van der Waals surface area contributed by atoms with Gasteiger partial charge in [-0.05, 0) is 35.9 Å². The molecule has 2 aromatic heterocycles. The van der Waals surface area contributed by atoms with Crippen LogP contribution < -0.4 is 10.5 Å². The molecule has 1 unspecified atom stereocenters. The molecule has 0 saturated heterocycles. The first kappa shape index (κ1) is 28.0. The first-order chi connectivity index (χ1) is 20.2.